The minimum Gasteiger partial charge on any atom is -0.240 e. The van der Waals surface area contributed by atoms with Gasteiger partial charge in [0.15, 0.2) is 6.54 Å². The van der Waals surface area contributed by atoms with E-state index in [1.807, 2.05) is 30.3 Å². The third-order valence-electron chi connectivity index (χ3n) is 2.56. The summed E-state index contributed by atoms with van der Waals surface area (Å²) in [4.78, 5) is 16.8. The highest BCUT2D eigenvalue weighted by Gasteiger charge is 2.32. The van der Waals surface area contributed by atoms with Crippen LogP contribution < -0.4 is 10.9 Å². The molecular formula is C13H20N3O2+. The van der Waals surface area contributed by atoms with Crippen molar-refractivity contribution >= 4 is 5.97 Å². The molecule has 0 bridgehead atoms. The molecule has 0 radical (unpaired) electrons. The van der Waals surface area contributed by atoms with Crippen LogP contribution in [0.25, 0.3) is 0 Å². The summed E-state index contributed by atoms with van der Waals surface area (Å²) in [5.41, 5.74) is 7.28. The number of hydrogen-bond donors (Lipinski definition) is 2. The van der Waals surface area contributed by atoms with Gasteiger partial charge in [-0.2, -0.15) is 0 Å². The Morgan fingerprint density at radius 1 is 1.28 bits per heavy atom. The van der Waals surface area contributed by atoms with Crippen molar-refractivity contribution in [2.45, 2.75) is 13.5 Å². The van der Waals surface area contributed by atoms with E-state index in [1.165, 1.54) is 0 Å². The number of nitrogens with one attached hydrogen (secondary N) is 2. The molecule has 0 aliphatic rings. The molecule has 0 aliphatic carbocycles. The summed E-state index contributed by atoms with van der Waals surface area (Å²) in [7, 11) is 3.43. The van der Waals surface area contributed by atoms with Gasteiger partial charge in [-0.1, -0.05) is 36.9 Å². The number of rotatable bonds is 6. The highest BCUT2D eigenvalue weighted by molar-refractivity contribution is 5.86. The van der Waals surface area contributed by atoms with Crippen molar-refractivity contribution < 1.29 is 14.5 Å². The first-order chi connectivity index (χ1) is 8.53. The number of carbonyl (C=O) groups excluding carboxylic acids is 1. The molecule has 0 saturated heterocycles. The Morgan fingerprint density at radius 3 is 2.28 bits per heavy atom. The lowest BCUT2D eigenvalue weighted by Crippen LogP contribution is -2.63. The fraction of sp³-hybridized carbons (Fsp3) is 0.308. The average Bonchev–Trinajstić information content (AvgIpc) is 2.38. The molecule has 0 heterocycles. The zero-order chi connectivity index (χ0) is 13.6. The zero-order valence-electron chi connectivity index (χ0n) is 11.1. The van der Waals surface area contributed by atoms with Crippen LogP contribution in [-0.4, -0.2) is 24.9 Å². The van der Waals surface area contributed by atoms with Crippen LogP contribution in [0.5, 0.6) is 0 Å². The van der Waals surface area contributed by atoms with Crippen molar-refractivity contribution in [3.05, 3.63) is 48.0 Å². The van der Waals surface area contributed by atoms with Crippen LogP contribution in [0, 0.1) is 0 Å². The van der Waals surface area contributed by atoms with Gasteiger partial charge in [0.25, 0.3) is 0 Å². The number of hydroxylamine groups is 1. The Labute approximate surface area is 108 Å². The van der Waals surface area contributed by atoms with Gasteiger partial charge in [-0.3, -0.25) is 0 Å². The Kier molecular flexibility index (Phi) is 5.03. The third-order valence-corrected chi connectivity index (χ3v) is 2.56. The normalized spacial score (nSPS) is 11.1. The monoisotopic (exact) mass is 250 g/mol. The maximum absolute atomic E-state index is 11.6. The van der Waals surface area contributed by atoms with Gasteiger partial charge in [0, 0.05) is 30.1 Å². The lowest BCUT2D eigenvalue weighted by molar-refractivity contribution is -1.16. The highest BCUT2D eigenvalue weighted by Crippen LogP contribution is 2.10. The van der Waals surface area contributed by atoms with Crippen LogP contribution in [0.4, 0.5) is 0 Å². The van der Waals surface area contributed by atoms with E-state index in [-0.39, 0.29) is 4.86 Å². The molecule has 98 valence electrons. The zero-order valence-corrected chi connectivity index (χ0v) is 11.1. The molecule has 0 saturated carbocycles. The molecule has 0 aliphatic heterocycles. The summed E-state index contributed by atoms with van der Waals surface area (Å²) in [6, 6.07) is 9.76. The van der Waals surface area contributed by atoms with Gasteiger partial charge < -0.3 is 0 Å². The second kappa shape index (κ2) is 6.30. The minimum atomic E-state index is -0.449. The largest absolute Gasteiger partial charge is 0.398 e. The smallest absolute Gasteiger partial charge is 0.240 e. The summed E-state index contributed by atoms with van der Waals surface area (Å²) < 4.78 is 0. The van der Waals surface area contributed by atoms with E-state index >= 15 is 0 Å². The second-order valence-corrected chi connectivity index (χ2v) is 3.99. The first-order valence-electron chi connectivity index (χ1n) is 5.72. The van der Waals surface area contributed by atoms with Crippen LogP contribution in [0.1, 0.15) is 12.5 Å². The van der Waals surface area contributed by atoms with Crippen molar-refractivity contribution in [2.75, 3.05) is 14.1 Å². The Hall–Kier alpha value is -1.69. The molecule has 0 aromatic heterocycles. The highest BCUT2D eigenvalue weighted by atomic mass is 16.8. The predicted octanol–water partition coefficient (Wildman–Crippen LogP) is 1.31. The van der Waals surface area contributed by atoms with E-state index in [0.29, 0.717) is 12.1 Å². The van der Waals surface area contributed by atoms with Gasteiger partial charge in [-0.25, -0.2) is 9.63 Å². The van der Waals surface area contributed by atoms with Crippen molar-refractivity contribution in [2.24, 2.45) is 0 Å². The molecular weight excluding hydrogens is 230 g/mol. The molecule has 0 unspecified atom stereocenters. The van der Waals surface area contributed by atoms with Crippen LogP contribution in [-0.2, 0) is 16.2 Å². The molecule has 1 aromatic rings. The van der Waals surface area contributed by atoms with Crippen molar-refractivity contribution in [3.8, 4) is 0 Å². The maximum atomic E-state index is 11.6. The topological polar surface area (TPSA) is 50.4 Å². The van der Waals surface area contributed by atoms with Gasteiger partial charge in [0.2, 0.25) is 0 Å². The fourth-order valence-electron chi connectivity index (χ4n) is 1.45. The lowest BCUT2D eigenvalue weighted by atomic mass is 10.2. The summed E-state index contributed by atoms with van der Waals surface area (Å²) in [6.07, 6.45) is 0. The molecule has 1 rings (SSSR count). The number of hydrogen-bond acceptors (Lipinski definition) is 4. The van der Waals surface area contributed by atoms with Crippen LogP contribution in [0.2, 0.25) is 0 Å². The first-order valence-corrected chi connectivity index (χ1v) is 5.72. The minimum absolute atomic E-state index is 0.199. The van der Waals surface area contributed by atoms with E-state index < -0.39 is 5.97 Å². The number of benzene rings is 1. The first kappa shape index (κ1) is 14.4. The fourth-order valence-corrected chi connectivity index (χ4v) is 1.45. The number of nitrogens with zero attached hydrogens (tertiary/aromatic N) is 1. The Morgan fingerprint density at radius 2 is 1.83 bits per heavy atom. The van der Waals surface area contributed by atoms with Crippen LogP contribution in [0.15, 0.2) is 42.5 Å². The molecule has 5 nitrogen and oxygen atoms in total. The van der Waals surface area contributed by atoms with E-state index in [0.717, 1.165) is 5.56 Å². The van der Waals surface area contributed by atoms with Crippen molar-refractivity contribution in [1.82, 2.24) is 10.9 Å². The van der Waals surface area contributed by atoms with Gasteiger partial charge in [0.1, 0.15) is 0 Å². The Bertz CT molecular complexity index is 414. The standard InChI is InChI=1S/C13H20N3O2/c1-11(2)13(17)18-16(14-3,15-4)10-12-8-6-5-7-9-12/h5-9,14-15H,1,10H2,2-4H3/q+1. The molecule has 2 N–H and O–H groups in total. The number of carbonyl (C=O) groups is 1. The number of quaternary nitrogens is 1. The molecule has 18 heavy (non-hydrogen) atoms. The summed E-state index contributed by atoms with van der Waals surface area (Å²) >= 11 is 0. The average molecular weight is 250 g/mol. The van der Waals surface area contributed by atoms with Crippen molar-refractivity contribution in [3.63, 3.8) is 0 Å². The van der Waals surface area contributed by atoms with Crippen LogP contribution >= 0.6 is 0 Å². The quantitative estimate of drug-likeness (QED) is 0.454. The summed E-state index contributed by atoms with van der Waals surface area (Å²) in [5, 5.41) is 0. The predicted molar refractivity (Wildman–Crippen MR) is 69.4 cm³/mol. The van der Waals surface area contributed by atoms with Crippen LogP contribution in [0.3, 0.4) is 0 Å². The molecule has 0 spiro atoms. The van der Waals surface area contributed by atoms with Crippen molar-refractivity contribution in [1.29, 1.82) is 0 Å². The lowest BCUT2D eigenvalue weighted by Gasteiger charge is -2.30. The van der Waals surface area contributed by atoms with Gasteiger partial charge in [0.05, 0.1) is 0 Å². The molecule has 0 amide bonds. The van der Waals surface area contributed by atoms with E-state index in [4.69, 9.17) is 4.84 Å². The van der Waals surface area contributed by atoms with E-state index in [9.17, 15) is 4.79 Å². The SMILES string of the molecule is C=C(C)C(=O)O[N+](Cc1ccccc1)(NC)NC. The van der Waals surface area contributed by atoms with Gasteiger partial charge in [-0.15, -0.1) is 10.9 Å². The molecule has 0 fully saturated rings. The Balaban J connectivity index is 2.86. The van der Waals surface area contributed by atoms with Gasteiger partial charge >= 0.3 is 5.97 Å². The molecule has 0 atom stereocenters. The van der Waals surface area contributed by atoms with E-state index in [2.05, 4.69) is 17.4 Å². The summed E-state index contributed by atoms with van der Waals surface area (Å²) in [5.74, 6) is -0.449. The second-order valence-electron chi connectivity index (χ2n) is 3.99. The van der Waals surface area contributed by atoms with Gasteiger partial charge in [-0.05, 0) is 6.92 Å². The molecule has 5 heteroatoms. The van der Waals surface area contributed by atoms with E-state index in [1.54, 1.807) is 21.0 Å². The summed E-state index contributed by atoms with van der Waals surface area (Å²) in [6.45, 7) is 5.66. The molecule has 1 aromatic carbocycles. The third kappa shape index (κ3) is 3.66. The maximum Gasteiger partial charge on any atom is 0.398 e.